The highest BCUT2D eigenvalue weighted by molar-refractivity contribution is 7.18. The average Bonchev–Trinajstić information content (AvgIpc) is 3.29. The molecule has 7 heteroatoms. The van der Waals surface area contributed by atoms with Crippen LogP contribution in [0.2, 0.25) is 0 Å². The number of likely N-dealkylation sites (tertiary alicyclic amines) is 1. The molecule has 134 valence electrons. The SMILES string of the molecule is COc1cccn(CC(=O)N2CCC[C@H]2c2nc3ccccc3s2)c1=O. The Bertz CT molecular complexity index is 977. The van der Waals surface area contributed by atoms with Gasteiger partial charge in [0.1, 0.15) is 11.6 Å². The number of hydrogen-bond acceptors (Lipinski definition) is 5. The summed E-state index contributed by atoms with van der Waals surface area (Å²) in [5.41, 5.74) is 0.676. The van der Waals surface area contributed by atoms with Gasteiger partial charge in [-0.15, -0.1) is 11.3 Å². The number of carbonyl (C=O) groups excluding carboxylic acids is 1. The minimum absolute atomic E-state index is 0.0113. The van der Waals surface area contributed by atoms with Crippen LogP contribution in [-0.2, 0) is 11.3 Å². The molecule has 0 spiro atoms. The van der Waals surface area contributed by atoms with E-state index in [1.54, 1.807) is 29.7 Å². The fourth-order valence-corrected chi connectivity index (χ4v) is 4.50. The monoisotopic (exact) mass is 369 g/mol. The van der Waals surface area contributed by atoms with Gasteiger partial charge in [-0.25, -0.2) is 4.98 Å². The van der Waals surface area contributed by atoms with Gasteiger partial charge in [-0.3, -0.25) is 9.59 Å². The molecule has 3 aromatic rings. The number of methoxy groups -OCH3 is 1. The van der Waals surface area contributed by atoms with E-state index in [0.717, 1.165) is 28.1 Å². The molecular formula is C19H19N3O3S. The number of aromatic nitrogens is 2. The zero-order valence-corrected chi connectivity index (χ0v) is 15.2. The molecule has 0 saturated carbocycles. The third-order valence-corrected chi connectivity index (χ3v) is 5.82. The molecule has 1 atom stereocenters. The molecule has 6 nitrogen and oxygen atoms in total. The molecule has 1 saturated heterocycles. The summed E-state index contributed by atoms with van der Waals surface area (Å²) < 4.78 is 7.58. The van der Waals surface area contributed by atoms with Crippen LogP contribution in [0, 0.1) is 0 Å². The smallest absolute Gasteiger partial charge is 0.293 e. The summed E-state index contributed by atoms with van der Waals surface area (Å²) in [5, 5.41) is 0.968. The summed E-state index contributed by atoms with van der Waals surface area (Å²) in [4.78, 5) is 31.7. The first-order valence-electron chi connectivity index (χ1n) is 8.56. The van der Waals surface area contributed by atoms with Crippen molar-refractivity contribution in [3.8, 4) is 5.75 Å². The lowest BCUT2D eigenvalue weighted by molar-refractivity contribution is -0.132. The second kappa shape index (κ2) is 6.92. The summed E-state index contributed by atoms with van der Waals surface area (Å²) in [6.07, 6.45) is 3.46. The molecule has 0 unspecified atom stereocenters. The number of amides is 1. The van der Waals surface area contributed by atoms with Crippen molar-refractivity contribution in [2.24, 2.45) is 0 Å². The van der Waals surface area contributed by atoms with E-state index in [1.165, 1.54) is 11.7 Å². The lowest BCUT2D eigenvalue weighted by atomic mass is 10.2. The molecule has 1 aliphatic rings. The predicted octanol–water partition coefficient (Wildman–Crippen LogP) is 2.83. The Kier molecular flexibility index (Phi) is 4.46. The van der Waals surface area contributed by atoms with Crippen LogP contribution in [-0.4, -0.2) is 34.0 Å². The van der Waals surface area contributed by atoms with Crippen molar-refractivity contribution in [3.63, 3.8) is 0 Å². The molecule has 0 bridgehead atoms. The van der Waals surface area contributed by atoms with Crippen LogP contribution in [0.3, 0.4) is 0 Å². The third kappa shape index (κ3) is 2.99. The number of pyridine rings is 1. The molecular weight excluding hydrogens is 350 g/mol. The molecule has 4 rings (SSSR count). The van der Waals surface area contributed by atoms with Gasteiger partial charge in [-0.05, 0) is 37.1 Å². The van der Waals surface area contributed by atoms with Crippen molar-refractivity contribution in [3.05, 3.63) is 58.0 Å². The van der Waals surface area contributed by atoms with Crippen LogP contribution < -0.4 is 10.3 Å². The minimum Gasteiger partial charge on any atom is -0.491 e. The third-order valence-electron chi connectivity index (χ3n) is 4.68. The fraction of sp³-hybridized carbons (Fsp3) is 0.316. The largest absolute Gasteiger partial charge is 0.491 e. The van der Waals surface area contributed by atoms with Crippen molar-refractivity contribution >= 4 is 27.5 Å². The number of fused-ring (bicyclic) bond motifs is 1. The zero-order valence-electron chi connectivity index (χ0n) is 14.4. The van der Waals surface area contributed by atoms with E-state index in [1.807, 2.05) is 29.2 Å². The number of para-hydroxylation sites is 1. The number of hydrogen-bond donors (Lipinski definition) is 0. The standard InChI is InChI=1S/C19H19N3O3S/c1-25-15-8-5-10-21(19(15)24)12-17(23)22-11-4-7-14(22)18-20-13-6-2-3-9-16(13)26-18/h2-3,5-6,8-10,14H,4,7,11-12H2,1H3/t14-/m0/s1. The highest BCUT2D eigenvalue weighted by atomic mass is 32.1. The number of carbonyl (C=O) groups is 1. The Hall–Kier alpha value is -2.67. The molecule has 0 aliphatic carbocycles. The van der Waals surface area contributed by atoms with E-state index in [9.17, 15) is 9.59 Å². The molecule has 0 N–H and O–H groups in total. The normalized spacial score (nSPS) is 17.0. The van der Waals surface area contributed by atoms with Crippen molar-refractivity contribution in [1.29, 1.82) is 0 Å². The Morgan fingerprint density at radius 2 is 2.15 bits per heavy atom. The van der Waals surface area contributed by atoms with Crippen molar-refractivity contribution in [2.45, 2.75) is 25.4 Å². The molecule has 0 radical (unpaired) electrons. The van der Waals surface area contributed by atoms with Crippen LogP contribution in [0.5, 0.6) is 5.75 Å². The van der Waals surface area contributed by atoms with Crippen LogP contribution in [0.15, 0.2) is 47.4 Å². The summed E-state index contributed by atoms with van der Waals surface area (Å²) in [6.45, 7) is 0.704. The quantitative estimate of drug-likeness (QED) is 0.709. The van der Waals surface area contributed by atoms with Gasteiger partial charge < -0.3 is 14.2 Å². The highest BCUT2D eigenvalue weighted by Gasteiger charge is 2.32. The van der Waals surface area contributed by atoms with Gasteiger partial charge in [0.15, 0.2) is 5.75 Å². The number of thiazole rings is 1. The van der Waals surface area contributed by atoms with Gasteiger partial charge in [-0.1, -0.05) is 12.1 Å². The van der Waals surface area contributed by atoms with Crippen LogP contribution >= 0.6 is 11.3 Å². The first-order valence-corrected chi connectivity index (χ1v) is 9.37. The second-order valence-corrected chi connectivity index (χ2v) is 7.34. The Morgan fingerprint density at radius 1 is 1.31 bits per heavy atom. The number of benzene rings is 1. The Balaban J connectivity index is 1.58. The summed E-state index contributed by atoms with van der Waals surface area (Å²) in [5.74, 6) is 0.173. The van der Waals surface area contributed by atoms with E-state index >= 15 is 0 Å². The van der Waals surface area contributed by atoms with Gasteiger partial charge in [-0.2, -0.15) is 0 Å². The molecule has 2 aromatic heterocycles. The highest BCUT2D eigenvalue weighted by Crippen LogP contribution is 2.36. The van der Waals surface area contributed by atoms with Crippen LogP contribution in [0.4, 0.5) is 0 Å². The Morgan fingerprint density at radius 3 is 2.96 bits per heavy atom. The predicted molar refractivity (Wildman–Crippen MR) is 101 cm³/mol. The first kappa shape index (κ1) is 16.8. The van der Waals surface area contributed by atoms with Gasteiger partial charge in [0.2, 0.25) is 5.91 Å². The maximum Gasteiger partial charge on any atom is 0.293 e. The van der Waals surface area contributed by atoms with E-state index in [4.69, 9.17) is 9.72 Å². The van der Waals surface area contributed by atoms with E-state index in [-0.39, 0.29) is 29.8 Å². The summed E-state index contributed by atoms with van der Waals surface area (Å²) in [7, 11) is 1.45. The molecule has 1 amide bonds. The zero-order chi connectivity index (χ0) is 18.1. The van der Waals surface area contributed by atoms with E-state index < -0.39 is 0 Å². The van der Waals surface area contributed by atoms with Crippen molar-refractivity contribution in [1.82, 2.24) is 14.5 Å². The van der Waals surface area contributed by atoms with Crippen LogP contribution in [0.1, 0.15) is 23.9 Å². The van der Waals surface area contributed by atoms with Gasteiger partial charge in [0.25, 0.3) is 5.56 Å². The molecule has 1 aliphatic heterocycles. The topological polar surface area (TPSA) is 64.4 Å². The Labute approximate surface area is 154 Å². The summed E-state index contributed by atoms with van der Waals surface area (Å²) in [6, 6.07) is 11.3. The van der Waals surface area contributed by atoms with Crippen molar-refractivity contribution in [2.75, 3.05) is 13.7 Å². The fourth-order valence-electron chi connectivity index (χ4n) is 3.39. The van der Waals surface area contributed by atoms with Gasteiger partial charge in [0.05, 0.1) is 23.4 Å². The van der Waals surface area contributed by atoms with Crippen LogP contribution in [0.25, 0.3) is 10.2 Å². The maximum absolute atomic E-state index is 12.9. The molecule has 1 aromatic carbocycles. The lowest BCUT2D eigenvalue weighted by Crippen LogP contribution is -2.36. The number of rotatable bonds is 4. The van der Waals surface area contributed by atoms with E-state index in [2.05, 4.69) is 0 Å². The first-order chi connectivity index (χ1) is 12.7. The molecule has 26 heavy (non-hydrogen) atoms. The van der Waals surface area contributed by atoms with Gasteiger partial charge in [0, 0.05) is 12.7 Å². The minimum atomic E-state index is -0.293. The molecule has 3 heterocycles. The summed E-state index contributed by atoms with van der Waals surface area (Å²) >= 11 is 1.64. The molecule has 1 fully saturated rings. The van der Waals surface area contributed by atoms with E-state index in [0.29, 0.717) is 6.54 Å². The van der Waals surface area contributed by atoms with Gasteiger partial charge >= 0.3 is 0 Å². The average molecular weight is 369 g/mol. The van der Waals surface area contributed by atoms with Crippen molar-refractivity contribution < 1.29 is 9.53 Å². The maximum atomic E-state index is 12.9. The second-order valence-electron chi connectivity index (χ2n) is 6.27. The number of nitrogens with zero attached hydrogens (tertiary/aromatic N) is 3. The number of ether oxygens (including phenoxy) is 1. The lowest BCUT2D eigenvalue weighted by Gasteiger charge is -2.23.